The van der Waals surface area contributed by atoms with Crippen LogP contribution in [0.5, 0.6) is 17.2 Å². The molecule has 0 amide bonds. The topological polar surface area (TPSA) is 204 Å². The number of phenols is 3. The fraction of sp³-hybridized carbons (Fsp3) is 0.500. The maximum Gasteiger partial charge on any atom is 0.202 e. The van der Waals surface area contributed by atoms with Gasteiger partial charge in [0.1, 0.15) is 22.8 Å². The molecular weight excluding hydrogens is 606 g/mol. The number of fused-ring (bicyclic) bond motifs is 3. The molecule has 6 atom stereocenters. The molecule has 1 aliphatic heterocycles. The van der Waals surface area contributed by atoms with Crippen molar-refractivity contribution in [2.24, 2.45) is 15.9 Å². The van der Waals surface area contributed by atoms with E-state index in [1.165, 1.54) is 18.2 Å². The summed E-state index contributed by atoms with van der Waals surface area (Å²) in [4.78, 5) is 27.3. The van der Waals surface area contributed by atoms with Crippen molar-refractivity contribution in [3.63, 3.8) is 0 Å². The summed E-state index contributed by atoms with van der Waals surface area (Å²) in [6.45, 7) is 3.25. The number of benzene rings is 2. The fourth-order valence-corrected chi connectivity index (χ4v) is 6.81. The number of aromatic hydroxyl groups is 3. The zero-order valence-corrected chi connectivity index (χ0v) is 25.8. The molecule has 2 aromatic carbocycles. The molecule has 6 rings (SSSR count). The third-order valence-electron chi connectivity index (χ3n) is 9.38. The lowest BCUT2D eigenvalue weighted by Gasteiger charge is -2.42. The van der Waals surface area contributed by atoms with Gasteiger partial charge in [-0.25, -0.2) is 0 Å². The Kier molecular flexibility index (Phi) is 9.11. The molecule has 4 aliphatic rings. The monoisotopic (exact) mass is 643 g/mol. The van der Waals surface area contributed by atoms with Crippen LogP contribution in [0.15, 0.2) is 28.4 Å². The third-order valence-corrected chi connectivity index (χ3v) is 9.38. The van der Waals surface area contributed by atoms with Crippen LogP contribution in [0.3, 0.4) is 0 Å². The number of aliphatic hydroxyl groups excluding tert-OH is 1. The van der Waals surface area contributed by atoms with Crippen LogP contribution < -0.4 is 5.73 Å². The number of carbonyl (C=O) groups is 2. The summed E-state index contributed by atoms with van der Waals surface area (Å²) < 4.78 is 12.1. The van der Waals surface area contributed by atoms with E-state index < -0.39 is 76.2 Å². The van der Waals surface area contributed by atoms with Crippen LogP contribution in [-0.2, 0) is 15.9 Å². The lowest BCUT2D eigenvalue weighted by molar-refractivity contribution is -0.245. The summed E-state index contributed by atoms with van der Waals surface area (Å²) in [6.07, 6.45) is 0.725. The molecule has 0 radical (unpaired) electrons. The maximum absolute atomic E-state index is 13.6. The van der Waals surface area contributed by atoms with Crippen molar-refractivity contribution in [1.29, 1.82) is 0 Å². The van der Waals surface area contributed by atoms with E-state index in [9.17, 15) is 35.1 Å². The Labute approximate surface area is 266 Å². The number of ether oxygens (including phenoxy) is 2. The Hall–Kier alpha value is -3.39. The fourth-order valence-electron chi connectivity index (χ4n) is 6.81. The van der Waals surface area contributed by atoms with Gasteiger partial charge in [-0.05, 0) is 45.6 Å². The average molecular weight is 644 g/mol. The van der Waals surface area contributed by atoms with E-state index in [-0.39, 0.29) is 59.6 Å². The van der Waals surface area contributed by atoms with Gasteiger partial charge in [-0.2, -0.15) is 10.2 Å². The molecule has 1 saturated carbocycles. The molecule has 242 valence electrons. The molecule has 2 aromatic rings. The predicted octanol–water partition coefficient (Wildman–Crippen LogP) is 3.34. The highest BCUT2D eigenvalue weighted by Gasteiger charge is 2.49. The normalized spacial score (nSPS) is 29.8. The zero-order chi connectivity index (χ0) is 31.5. The quantitative estimate of drug-likeness (QED) is 0.139. The highest BCUT2D eigenvalue weighted by molar-refractivity contribution is 6.31. The summed E-state index contributed by atoms with van der Waals surface area (Å²) in [5.41, 5.74) is 4.31. The van der Waals surface area contributed by atoms with E-state index in [0.29, 0.717) is 0 Å². The van der Waals surface area contributed by atoms with E-state index >= 15 is 0 Å². The van der Waals surface area contributed by atoms with Crippen LogP contribution in [0.1, 0.15) is 108 Å². The van der Waals surface area contributed by atoms with Gasteiger partial charge in [0.05, 0.1) is 40.7 Å². The SMILES string of the molecule is C/C(=N\N=C1CCCCC1)[C@]1(O)Cc2c(O)c3c(c(O)c2[C@@H](O[C@H]2C[C@H](N)[C@H](O)[C@H](C)O2)C1)C(=O)c1c(O)cccc1C3=O.Cl. The highest BCUT2D eigenvalue weighted by Crippen LogP contribution is 2.52. The van der Waals surface area contributed by atoms with E-state index in [2.05, 4.69) is 10.2 Å². The van der Waals surface area contributed by atoms with Crippen LogP contribution in [0.4, 0.5) is 0 Å². The number of phenolic OH excluding ortho intramolecular Hbond substituents is 3. The number of nitrogens with two attached hydrogens (primary N) is 1. The van der Waals surface area contributed by atoms with Crippen molar-refractivity contribution in [1.82, 2.24) is 0 Å². The van der Waals surface area contributed by atoms with Crippen molar-refractivity contribution in [2.45, 2.75) is 101 Å². The summed E-state index contributed by atoms with van der Waals surface area (Å²) in [7, 11) is 0. The molecule has 1 saturated heterocycles. The van der Waals surface area contributed by atoms with Crippen molar-refractivity contribution >= 4 is 35.4 Å². The Bertz CT molecular complexity index is 1590. The second kappa shape index (κ2) is 12.4. The minimum atomic E-state index is -1.73. The predicted molar refractivity (Wildman–Crippen MR) is 166 cm³/mol. The first-order valence-corrected chi connectivity index (χ1v) is 15.0. The molecule has 3 aliphatic carbocycles. The van der Waals surface area contributed by atoms with Gasteiger partial charge in [0, 0.05) is 47.7 Å². The number of hydrogen-bond acceptors (Lipinski definition) is 12. The largest absolute Gasteiger partial charge is 0.507 e. The van der Waals surface area contributed by atoms with Gasteiger partial charge in [-0.15, -0.1) is 12.4 Å². The van der Waals surface area contributed by atoms with Crippen LogP contribution >= 0.6 is 12.4 Å². The number of halogens is 1. The summed E-state index contributed by atoms with van der Waals surface area (Å²) in [5.74, 6) is -3.21. The number of hydrogen-bond donors (Lipinski definition) is 6. The molecule has 0 unspecified atom stereocenters. The summed E-state index contributed by atoms with van der Waals surface area (Å²) in [5, 5.41) is 64.8. The summed E-state index contributed by atoms with van der Waals surface area (Å²) in [6, 6.07) is 3.35. The first-order chi connectivity index (χ1) is 20.9. The maximum atomic E-state index is 13.6. The average Bonchev–Trinajstić information content (AvgIpc) is 2.99. The van der Waals surface area contributed by atoms with E-state index in [1.54, 1.807) is 13.8 Å². The Morgan fingerprint density at radius 2 is 1.73 bits per heavy atom. The molecule has 2 fully saturated rings. The van der Waals surface area contributed by atoms with Crippen LogP contribution in [0.2, 0.25) is 0 Å². The molecule has 45 heavy (non-hydrogen) atoms. The van der Waals surface area contributed by atoms with E-state index in [4.69, 9.17) is 15.2 Å². The second-order valence-electron chi connectivity index (χ2n) is 12.3. The Morgan fingerprint density at radius 3 is 2.42 bits per heavy atom. The van der Waals surface area contributed by atoms with Crippen LogP contribution in [0.25, 0.3) is 0 Å². The number of rotatable bonds is 4. The highest BCUT2D eigenvalue weighted by atomic mass is 35.5. The van der Waals surface area contributed by atoms with Crippen molar-refractivity contribution in [3.05, 3.63) is 51.6 Å². The minimum absolute atomic E-state index is 0. The van der Waals surface area contributed by atoms with Gasteiger partial charge >= 0.3 is 0 Å². The minimum Gasteiger partial charge on any atom is -0.507 e. The first kappa shape index (κ1) is 33.0. The molecule has 12 nitrogen and oxygen atoms in total. The number of ketones is 2. The van der Waals surface area contributed by atoms with Gasteiger partial charge in [0.25, 0.3) is 0 Å². The molecule has 7 N–H and O–H groups in total. The Balaban J connectivity index is 0.00000400. The van der Waals surface area contributed by atoms with Crippen LogP contribution in [-0.4, -0.2) is 78.7 Å². The van der Waals surface area contributed by atoms with Gasteiger partial charge in [0.2, 0.25) is 5.78 Å². The van der Waals surface area contributed by atoms with Gasteiger partial charge in [-0.1, -0.05) is 18.6 Å². The summed E-state index contributed by atoms with van der Waals surface area (Å²) >= 11 is 0. The van der Waals surface area contributed by atoms with Crippen molar-refractivity contribution < 1.29 is 44.6 Å². The molecular formula is C32H38ClN3O9. The molecule has 0 bridgehead atoms. The smallest absolute Gasteiger partial charge is 0.202 e. The molecule has 0 spiro atoms. The third kappa shape index (κ3) is 5.64. The first-order valence-electron chi connectivity index (χ1n) is 15.0. The standard InChI is InChI=1S/C32H37N3O9.ClH/c1-14-27(37)19(33)11-22(43-14)44-21-13-32(42,15(2)34-35-16-7-4-3-5-8-16)12-18-24(21)31(41)26-25(29(18)39)28(38)17-9-6-10-20(36)23(17)30(26)40;/h6,9-10,14,19,21-22,27,36-37,39,41-42H,3-5,7-8,11-13,33H2,1-2H3;1H/b34-15+;/t14-,19-,21-,22-,27+,32-;/m0./s1. The molecule has 13 heteroatoms. The van der Waals surface area contributed by atoms with Crippen molar-refractivity contribution in [2.75, 3.05) is 0 Å². The van der Waals surface area contributed by atoms with Crippen molar-refractivity contribution in [3.8, 4) is 17.2 Å². The van der Waals surface area contributed by atoms with E-state index in [0.717, 1.165) is 37.8 Å². The number of aliphatic hydroxyl groups is 2. The molecule has 1 heterocycles. The van der Waals surface area contributed by atoms with Crippen LogP contribution in [0, 0.1) is 0 Å². The van der Waals surface area contributed by atoms with Gasteiger partial charge in [0.15, 0.2) is 12.1 Å². The molecule has 0 aromatic heterocycles. The number of nitrogens with zero attached hydrogens (tertiary/aromatic N) is 2. The van der Waals surface area contributed by atoms with Gasteiger partial charge < -0.3 is 40.7 Å². The zero-order valence-electron chi connectivity index (χ0n) is 25.0. The second-order valence-corrected chi connectivity index (χ2v) is 12.3. The number of carbonyl (C=O) groups excluding carboxylic acids is 2. The lowest BCUT2D eigenvalue weighted by Crippen LogP contribution is -2.52. The Morgan fingerprint density at radius 1 is 1.04 bits per heavy atom. The van der Waals surface area contributed by atoms with Gasteiger partial charge in [-0.3, -0.25) is 9.59 Å². The van der Waals surface area contributed by atoms with E-state index in [1.807, 2.05) is 0 Å². The lowest BCUT2D eigenvalue weighted by atomic mass is 9.72.